The fourth-order valence-corrected chi connectivity index (χ4v) is 3.27. The van der Waals surface area contributed by atoms with Crippen molar-refractivity contribution in [2.75, 3.05) is 11.4 Å². The van der Waals surface area contributed by atoms with Gasteiger partial charge < -0.3 is 4.90 Å². The second kappa shape index (κ2) is 5.96. The number of aryl methyl sites for hydroxylation is 2. The van der Waals surface area contributed by atoms with E-state index in [0.29, 0.717) is 5.56 Å². The second-order valence-electron chi connectivity index (χ2n) is 6.19. The van der Waals surface area contributed by atoms with Crippen LogP contribution in [-0.4, -0.2) is 22.2 Å². The summed E-state index contributed by atoms with van der Waals surface area (Å²) in [7, 11) is 0. The highest BCUT2D eigenvalue weighted by atomic mass is 16.2. The maximum Gasteiger partial charge on any atom is 0.258 e. The molecule has 0 bridgehead atoms. The van der Waals surface area contributed by atoms with Gasteiger partial charge in [-0.1, -0.05) is 17.7 Å². The number of carbonyl (C=O) groups is 1. The Morgan fingerprint density at radius 2 is 1.96 bits per heavy atom. The molecule has 1 aromatic heterocycles. The number of hydrogen-bond donors (Lipinski definition) is 0. The Kier molecular flexibility index (Phi) is 3.65. The van der Waals surface area contributed by atoms with Crippen molar-refractivity contribution < 1.29 is 4.79 Å². The van der Waals surface area contributed by atoms with E-state index in [1.807, 2.05) is 41.4 Å². The second-order valence-corrected chi connectivity index (χ2v) is 6.19. The molecule has 3 aromatic rings. The van der Waals surface area contributed by atoms with Crippen molar-refractivity contribution in [2.45, 2.75) is 19.8 Å². The molecule has 0 unspecified atom stereocenters. The summed E-state index contributed by atoms with van der Waals surface area (Å²) in [6, 6.07) is 15.8. The zero-order valence-electron chi connectivity index (χ0n) is 13.6. The first kappa shape index (κ1) is 14.7. The number of aromatic nitrogens is 2. The van der Waals surface area contributed by atoms with Gasteiger partial charge in [0.05, 0.1) is 5.69 Å². The van der Waals surface area contributed by atoms with Crippen LogP contribution in [0.3, 0.4) is 0 Å². The van der Waals surface area contributed by atoms with Crippen LogP contribution in [0.4, 0.5) is 5.69 Å². The number of anilines is 1. The molecular formula is C20H19N3O. The van der Waals surface area contributed by atoms with E-state index in [1.165, 1.54) is 11.1 Å². The highest BCUT2D eigenvalue weighted by Gasteiger charge is 2.23. The zero-order chi connectivity index (χ0) is 16.5. The van der Waals surface area contributed by atoms with Gasteiger partial charge in [-0.25, -0.2) is 4.68 Å². The average Bonchev–Trinajstić information content (AvgIpc) is 3.15. The summed E-state index contributed by atoms with van der Waals surface area (Å²) in [5.74, 6) is 0.0619. The van der Waals surface area contributed by atoms with Crippen LogP contribution in [0, 0.1) is 6.92 Å². The van der Waals surface area contributed by atoms with Gasteiger partial charge in [0, 0.05) is 30.2 Å². The Hall–Kier alpha value is -2.88. The molecule has 4 rings (SSSR count). The molecule has 0 N–H and O–H groups in total. The van der Waals surface area contributed by atoms with Gasteiger partial charge in [-0.15, -0.1) is 0 Å². The Balaban J connectivity index is 1.63. The highest BCUT2D eigenvalue weighted by molar-refractivity contribution is 6.06. The summed E-state index contributed by atoms with van der Waals surface area (Å²) in [6.45, 7) is 2.87. The van der Waals surface area contributed by atoms with E-state index < -0.39 is 0 Å². The van der Waals surface area contributed by atoms with E-state index in [1.54, 1.807) is 10.9 Å². The Labute approximate surface area is 141 Å². The normalized spacial score (nSPS) is 13.6. The summed E-state index contributed by atoms with van der Waals surface area (Å²) in [6.07, 6.45) is 5.68. The lowest BCUT2D eigenvalue weighted by atomic mass is 9.99. The van der Waals surface area contributed by atoms with Crippen molar-refractivity contribution in [2.24, 2.45) is 0 Å². The molecule has 0 saturated heterocycles. The van der Waals surface area contributed by atoms with Crippen LogP contribution in [0.15, 0.2) is 60.9 Å². The minimum Gasteiger partial charge on any atom is -0.308 e. The van der Waals surface area contributed by atoms with Crippen LogP contribution in [0.2, 0.25) is 0 Å². The minimum absolute atomic E-state index is 0.0619. The first-order valence-corrected chi connectivity index (χ1v) is 8.24. The molecule has 1 amide bonds. The Morgan fingerprint density at radius 1 is 1.12 bits per heavy atom. The molecule has 1 aliphatic rings. The van der Waals surface area contributed by atoms with Gasteiger partial charge in [0.25, 0.3) is 5.91 Å². The third-order valence-electron chi connectivity index (χ3n) is 4.48. The summed E-state index contributed by atoms with van der Waals surface area (Å²) >= 11 is 0. The maximum absolute atomic E-state index is 12.9. The van der Waals surface area contributed by atoms with Crippen LogP contribution in [0.1, 0.15) is 27.9 Å². The third kappa shape index (κ3) is 2.60. The molecule has 1 aliphatic heterocycles. The molecule has 0 spiro atoms. The van der Waals surface area contributed by atoms with E-state index in [0.717, 1.165) is 30.8 Å². The molecule has 0 radical (unpaired) electrons. The van der Waals surface area contributed by atoms with Crippen LogP contribution in [0.5, 0.6) is 0 Å². The molecule has 2 aromatic carbocycles. The Morgan fingerprint density at radius 3 is 2.71 bits per heavy atom. The van der Waals surface area contributed by atoms with Crippen LogP contribution >= 0.6 is 0 Å². The van der Waals surface area contributed by atoms with E-state index in [2.05, 4.69) is 30.2 Å². The van der Waals surface area contributed by atoms with Crippen molar-refractivity contribution >= 4 is 11.6 Å². The molecular weight excluding hydrogens is 298 g/mol. The molecule has 120 valence electrons. The molecule has 24 heavy (non-hydrogen) atoms. The molecule has 0 saturated carbocycles. The largest absolute Gasteiger partial charge is 0.308 e. The summed E-state index contributed by atoms with van der Waals surface area (Å²) < 4.78 is 1.78. The van der Waals surface area contributed by atoms with E-state index >= 15 is 0 Å². The average molecular weight is 317 g/mol. The maximum atomic E-state index is 12.9. The first-order valence-electron chi connectivity index (χ1n) is 8.24. The topological polar surface area (TPSA) is 38.1 Å². The lowest BCUT2D eigenvalue weighted by Crippen LogP contribution is -2.35. The number of nitrogens with zero attached hydrogens (tertiary/aromatic N) is 3. The smallest absolute Gasteiger partial charge is 0.258 e. The van der Waals surface area contributed by atoms with Crippen molar-refractivity contribution in [3.8, 4) is 5.69 Å². The molecule has 0 atom stereocenters. The summed E-state index contributed by atoms with van der Waals surface area (Å²) in [5, 5.41) is 4.21. The van der Waals surface area contributed by atoms with Gasteiger partial charge in [-0.05, 0) is 61.7 Å². The summed E-state index contributed by atoms with van der Waals surface area (Å²) in [5.41, 5.74) is 5.22. The van der Waals surface area contributed by atoms with Crippen molar-refractivity contribution in [1.29, 1.82) is 0 Å². The number of benzene rings is 2. The number of amides is 1. The first-order chi connectivity index (χ1) is 11.7. The van der Waals surface area contributed by atoms with E-state index in [-0.39, 0.29) is 5.91 Å². The predicted octanol–water partition coefficient (Wildman–Crippen LogP) is 3.77. The fraction of sp³-hybridized carbons (Fsp3) is 0.200. The highest BCUT2D eigenvalue weighted by Crippen LogP contribution is 2.29. The van der Waals surface area contributed by atoms with Gasteiger partial charge in [-0.2, -0.15) is 5.10 Å². The molecule has 2 heterocycles. The van der Waals surface area contributed by atoms with Crippen molar-refractivity contribution in [3.05, 3.63) is 77.6 Å². The van der Waals surface area contributed by atoms with Crippen LogP contribution < -0.4 is 4.90 Å². The van der Waals surface area contributed by atoms with Crippen molar-refractivity contribution in [1.82, 2.24) is 9.78 Å². The quantitative estimate of drug-likeness (QED) is 0.721. The predicted molar refractivity (Wildman–Crippen MR) is 94.7 cm³/mol. The lowest BCUT2D eigenvalue weighted by molar-refractivity contribution is 0.0985. The van der Waals surface area contributed by atoms with Crippen LogP contribution in [-0.2, 0) is 6.42 Å². The van der Waals surface area contributed by atoms with Crippen molar-refractivity contribution in [3.63, 3.8) is 0 Å². The van der Waals surface area contributed by atoms with Crippen LogP contribution in [0.25, 0.3) is 5.69 Å². The molecule has 0 aliphatic carbocycles. The van der Waals surface area contributed by atoms with Gasteiger partial charge >= 0.3 is 0 Å². The number of fused-ring (bicyclic) bond motifs is 1. The monoisotopic (exact) mass is 317 g/mol. The van der Waals surface area contributed by atoms with Gasteiger partial charge in [0.1, 0.15) is 0 Å². The number of rotatable bonds is 2. The fourth-order valence-electron chi connectivity index (χ4n) is 3.27. The number of carbonyl (C=O) groups excluding carboxylic acids is 1. The molecule has 4 nitrogen and oxygen atoms in total. The Bertz CT molecular complexity index is 866. The minimum atomic E-state index is 0.0619. The standard InChI is InChI=1S/C20H19N3O/c1-15-5-10-19-17(14-15)4-2-12-22(19)20(24)16-6-8-18(9-7-16)23-13-3-11-21-23/h3,5-11,13-14H,2,4,12H2,1H3. The SMILES string of the molecule is Cc1ccc2c(c1)CCCN2C(=O)c1ccc(-n2cccn2)cc1. The van der Waals surface area contributed by atoms with E-state index in [4.69, 9.17) is 0 Å². The van der Waals surface area contributed by atoms with Gasteiger partial charge in [0.2, 0.25) is 0 Å². The summed E-state index contributed by atoms with van der Waals surface area (Å²) in [4.78, 5) is 14.9. The molecule has 0 fully saturated rings. The molecule has 4 heteroatoms. The third-order valence-corrected chi connectivity index (χ3v) is 4.48. The van der Waals surface area contributed by atoms with Gasteiger partial charge in [-0.3, -0.25) is 4.79 Å². The lowest BCUT2D eigenvalue weighted by Gasteiger charge is -2.30. The van der Waals surface area contributed by atoms with Gasteiger partial charge in [0.15, 0.2) is 0 Å². The zero-order valence-corrected chi connectivity index (χ0v) is 13.6. The number of hydrogen-bond acceptors (Lipinski definition) is 2. The van der Waals surface area contributed by atoms with E-state index in [9.17, 15) is 4.79 Å².